The molecule has 0 aliphatic rings. The van der Waals surface area contributed by atoms with E-state index in [1.807, 2.05) is 12.1 Å². The molecule has 0 heterocycles. The van der Waals surface area contributed by atoms with E-state index in [1.54, 1.807) is 17.8 Å². The number of carbonyl (C=O) groups is 1. The van der Waals surface area contributed by atoms with Gasteiger partial charge in [-0.25, -0.2) is 4.79 Å². The average molecular weight is 289 g/mol. The van der Waals surface area contributed by atoms with Gasteiger partial charge in [0.15, 0.2) is 0 Å². The van der Waals surface area contributed by atoms with Crippen LogP contribution in [0.2, 0.25) is 0 Å². The van der Waals surface area contributed by atoms with E-state index in [-0.39, 0.29) is 5.97 Å². The predicted molar refractivity (Wildman–Crippen MR) is 66.8 cm³/mol. The molecule has 0 amide bonds. The highest BCUT2D eigenvalue weighted by molar-refractivity contribution is 9.08. The van der Waals surface area contributed by atoms with Gasteiger partial charge in [-0.3, -0.25) is 0 Å². The zero-order valence-corrected chi connectivity index (χ0v) is 11.2. The van der Waals surface area contributed by atoms with Crippen molar-refractivity contribution in [2.24, 2.45) is 0 Å². The molecule has 2 nitrogen and oxygen atoms in total. The van der Waals surface area contributed by atoms with Crippen molar-refractivity contribution in [3.05, 3.63) is 29.3 Å². The van der Waals surface area contributed by atoms with E-state index in [4.69, 9.17) is 0 Å². The third-order valence-corrected chi connectivity index (χ3v) is 3.52. The predicted octanol–water partition coefficient (Wildman–Crippen LogP) is 3.48. The lowest BCUT2D eigenvalue weighted by molar-refractivity contribution is 0.0600. The topological polar surface area (TPSA) is 26.3 Å². The summed E-state index contributed by atoms with van der Waals surface area (Å²) < 4.78 is 4.68. The standard InChI is InChI=1S/C11H13BrO2S/c1-3-15-10-6-8(11(13)14-2)4-5-9(10)7-12/h4-6H,3,7H2,1-2H3. The molecule has 1 rings (SSSR count). The van der Waals surface area contributed by atoms with Crippen LogP contribution in [0.3, 0.4) is 0 Å². The van der Waals surface area contributed by atoms with Crippen molar-refractivity contribution in [1.29, 1.82) is 0 Å². The first-order chi connectivity index (χ1) is 7.22. The fraction of sp³-hybridized carbons (Fsp3) is 0.364. The number of hydrogen-bond acceptors (Lipinski definition) is 3. The molecule has 0 bridgehead atoms. The lowest BCUT2D eigenvalue weighted by atomic mass is 10.1. The Morgan fingerprint density at radius 1 is 1.53 bits per heavy atom. The zero-order valence-electron chi connectivity index (χ0n) is 8.75. The maximum absolute atomic E-state index is 11.3. The van der Waals surface area contributed by atoms with Gasteiger partial charge in [0.25, 0.3) is 0 Å². The molecule has 4 heteroatoms. The van der Waals surface area contributed by atoms with E-state index in [0.29, 0.717) is 5.56 Å². The number of ether oxygens (including phenoxy) is 1. The first-order valence-corrected chi connectivity index (χ1v) is 6.73. The molecule has 0 N–H and O–H groups in total. The molecule has 1 aromatic carbocycles. The molecule has 0 spiro atoms. The van der Waals surface area contributed by atoms with Crippen molar-refractivity contribution >= 4 is 33.7 Å². The SMILES string of the molecule is CCSc1cc(C(=O)OC)ccc1CBr. The fourth-order valence-electron chi connectivity index (χ4n) is 1.20. The summed E-state index contributed by atoms with van der Waals surface area (Å²) in [4.78, 5) is 12.5. The highest BCUT2D eigenvalue weighted by Gasteiger charge is 2.09. The van der Waals surface area contributed by atoms with Crippen molar-refractivity contribution < 1.29 is 9.53 Å². The molecule has 0 aliphatic carbocycles. The van der Waals surface area contributed by atoms with Crippen molar-refractivity contribution in [3.63, 3.8) is 0 Å². The molecule has 0 aliphatic heterocycles. The highest BCUT2D eigenvalue weighted by Crippen LogP contribution is 2.26. The van der Waals surface area contributed by atoms with Gasteiger partial charge in [0, 0.05) is 10.2 Å². The Labute approximate surface area is 103 Å². The number of carbonyl (C=O) groups excluding carboxylic acids is 1. The Kier molecular flexibility index (Phi) is 5.19. The maximum Gasteiger partial charge on any atom is 0.337 e. The van der Waals surface area contributed by atoms with Gasteiger partial charge in [-0.2, -0.15) is 0 Å². The summed E-state index contributed by atoms with van der Waals surface area (Å²) in [5.41, 5.74) is 1.81. The molecular weight excluding hydrogens is 276 g/mol. The molecule has 15 heavy (non-hydrogen) atoms. The minimum absolute atomic E-state index is 0.283. The Bertz CT molecular complexity index is 352. The van der Waals surface area contributed by atoms with E-state index in [0.717, 1.165) is 16.0 Å². The van der Waals surface area contributed by atoms with Crippen molar-refractivity contribution in [2.45, 2.75) is 17.1 Å². The maximum atomic E-state index is 11.3. The van der Waals surface area contributed by atoms with Crippen LogP contribution in [-0.4, -0.2) is 18.8 Å². The lowest BCUT2D eigenvalue weighted by Gasteiger charge is -2.07. The molecule has 0 saturated heterocycles. The van der Waals surface area contributed by atoms with Crippen LogP contribution >= 0.6 is 27.7 Å². The van der Waals surface area contributed by atoms with Gasteiger partial charge in [0.1, 0.15) is 0 Å². The minimum atomic E-state index is -0.283. The molecule has 0 atom stereocenters. The molecule has 0 saturated carbocycles. The van der Waals surface area contributed by atoms with Crippen molar-refractivity contribution in [2.75, 3.05) is 12.9 Å². The molecular formula is C11H13BrO2S. The van der Waals surface area contributed by atoms with Crippen LogP contribution in [0.25, 0.3) is 0 Å². The average Bonchev–Trinajstić information content (AvgIpc) is 2.28. The molecule has 0 radical (unpaired) electrons. The Morgan fingerprint density at radius 2 is 2.27 bits per heavy atom. The van der Waals surface area contributed by atoms with E-state index >= 15 is 0 Å². The zero-order chi connectivity index (χ0) is 11.3. The quantitative estimate of drug-likeness (QED) is 0.482. The summed E-state index contributed by atoms with van der Waals surface area (Å²) in [5.74, 6) is 0.707. The van der Waals surface area contributed by atoms with Crippen LogP contribution < -0.4 is 0 Å². The normalized spacial score (nSPS) is 10.1. The van der Waals surface area contributed by atoms with Crippen LogP contribution in [0, 0.1) is 0 Å². The fourth-order valence-corrected chi connectivity index (χ4v) is 2.72. The lowest BCUT2D eigenvalue weighted by Crippen LogP contribution is -2.01. The number of alkyl halides is 1. The monoisotopic (exact) mass is 288 g/mol. The van der Waals surface area contributed by atoms with Gasteiger partial charge >= 0.3 is 5.97 Å². The number of benzene rings is 1. The number of rotatable bonds is 4. The second-order valence-electron chi connectivity index (χ2n) is 2.88. The van der Waals surface area contributed by atoms with Crippen LogP contribution in [0.15, 0.2) is 23.1 Å². The first-order valence-electron chi connectivity index (χ1n) is 4.63. The van der Waals surface area contributed by atoms with Crippen LogP contribution in [0.4, 0.5) is 0 Å². The summed E-state index contributed by atoms with van der Waals surface area (Å²) in [7, 11) is 1.40. The Balaban J connectivity index is 3.04. The van der Waals surface area contributed by atoms with Gasteiger partial charge in [-0.05, 0) is 23.4 Å². The van der Waals surface area contributed by atoms with Gasteiger partial charge in [0.05, 0.1) is 12.7 Å². The Morgan fingerprint density at radius 3 is 2.80 bits per heavy atom. The minimum Gasteiger partial charge on any atom is -0.465 e. The molecule has 1 aromatic rings. The third kappa shape index (κ3) is 3.24. The molecule has 0 fully saturated rings. The van der Waals surface area contributed by atoms with E-state index < -0.39 is 0 Å². The molecule has 0 aromatic heterocycles. The van der Waals surface area contributed by atoms with Crippen LogP contribution in [0.1, 0.15) is 22.8 Å². The highest BCUT2D eigenvalue weighted by atomic mass is 79.9. The largest absolute Gasteiger partial charge is 0.465 e. The summed E-state index contributed by atoms with van der Waals surface area (Å²) >= 11 is 5.16. The van der Waals surface area contributed by atoms with Gasteiger partial charge in [0.2, 0.25) is 0 Å². The summed E-state index contributed by atoms with van der Waals surface area (Å²) in [6.07, 6.45) is 0. The summed E-state index contributed by atoms with van der Waals surface area (Å²) in [5, 5.41) is 0.802. The van der Waals surface area contributed by atoms with Crippen LogP contribution in [-0.2, 0) is 10.1 Å². The smallest absolute Gasteiger partial charge is 0.337 e. The number of methoxy groups -OCH3 is 1. The Hall–Kier alpha value is -0.480. The van der Waals surface area contributed by atoms with E-state index in [1.165, 1.54) is 12.7 Å². The van der Waals surface area contributed by atoms with Crippen molar-refractivity contribution in [3.8, 4) is 0 Å². The van der Waals surface area contributed by atoms with Gasteiger partial charge in [-0.1, -0.05) is 28.9 Å². The summed E-state index contributed by atoms with van der Waals surface area (Å²) in [6, 6.07) is 5.64. The second-order valence-corrected chi connectivity index (χ2v) is 4.75. The third-order valence-electron chi connectivity index (χ3n) is 1.93. The van der Waals surface area contributed by atoms with Gasteiger partial charge < -0.3 is 4.74 Å². The number of esters is 1. The first kappa shape index (κ1) is 12.6. The van der Waals surface area contributed by atoms with Crippen molar-refractivity contribution in [1.82, 2.24) is 0 Å². The van der Waals surface area contributed by atoms with E-state index in [2.05, 4.69) is 27.6 Å². The number of halogens is 1. The number of thioether (sulfide) groups is 1. The van der Waals surface area contributed by atoms with Gasteiger partial charge in [-0.15, -0.1) is 11.8 Å². The van der Waals surface area contributed by atoms with E-state index in [9.17, 15) is 4.79 Å². The number of hydrogen-bond donors (Lipinski definition) is 0. The molecule has 82 valence electrons. The summed E-state index contributed by atoms with van der Waals surface area (Å²) in [6.45, 7) is 2.09. The molecule has 0 unspecified atom stereocenters. The van der Waals surface area contributed by atoms with Crippen LogP contribution in [0.5, 0.6) is 0 Å². The second kappa shape index (κ2) is 6.18.